The third kappa shape index (κ3) is 4.52. The monoisotopic (exact) mass is 462 g/mol. The number of carbonyl (C=O) groups excluding carboxylic acids is 1. The van der Waals surface area contributed by atoms with Gasteiger partial charge >= 0.3 is 0 Å². The lowest BCUT2D eigenvalue weighted by atomic mass is 9.97. The number of aliphatic imine (C=N–C) groups is 1. The van der Waals surface area contributed by atoms with Crippen molar-refractivity contribution in [2.45, 2.75) is 23.7 Å². The molecule has 0 N–H and O–H groups in total. The smallest absolute Gasteiger partial charge is 0.286 e. The summed E-state index contributed by atoms with van der Waals surface area (Å²) in [7, 11) is 0. The number of likely N-dealkylation sites (tertiary alicyclic amines) is 1. The van der Waals surface area contributed by atoms with Crippen LogP contribution in [0.4, 0.5) is 0 Å². The number of nitrogens with zero attached hydrogens (tertiary/aromatic N) is 4. The molecule has 0 radical (unpaired) electrons. The summed E-state index contributed by atoms with van der Waals surface area (Å²) >= 11 is 3.16. The van der Waals surface area contributed by atoms with E-state index in [2.05, 4.69) is 32.2 Å². The molecule has 0 aliphatic carbocycles. The van der Waals surface area contributed by atoms with E-state index >= 15 is 0 Å². The molecule has 2 aliphatic heterocycles. The van der Waals surface area contributed by atoms with Gasteiger partial charge < -0.3 is 9.42 Å². The highest BCUT2D eigenvalue weighted by atomic mass is 32.2. The molecule has 3 heterocycles. The SMILES string of the molecule is CSc1ccc(C=C2SC(N3CCC(c4nc(-c5ccccc5)no4)CC3)=NC2=O)cc1. The van der Waals surface area contributed by atoms with Gasteiger partial charge in [-0.05, 0) is 54.6 Å². The number of amides is 1. The molecule has 1 saturated heterocycles. The number of hydrogen-bond acceptors (Lipinski definition) is 7. The van der Waals surface area contributed by atoms with Gasteiger partial charge in [0.25, 0.3) is 5.91 Å². The number of rotatable bonds is 4. The van der Waals surface area contributed by atoms with Crippen LogP contribution in [0, 0.1) is 0 Å². The maximum atomic E-state index is 12.4. The molecule has 0 spiro atoms. The maximum Gasteiger partial charge on any atom is 0.286 e. The molecular weight excluding hydrogens is 440 g/mol. The Hall–Kier alpha value is -2.84. The van der Waals surface area contributed by atoms with Crippen LogP contribution in [0.3, 0.4) is 0 Å². The number of piperidine rings is 1. The first-order valence-electron chi connectivity index (χ1n) is 10.5. The average Bonchev–Trinajstić information content (AvgIpc) is 3.48. The third-order valence-electron chi connectivity index (χ3n) is 5.61. The zero-order valence-electron chi connectivity index (χ0n) is 17.6. The van der Waals surface area contributed by atoms with Crippen LogP contribution in [0.1, 0.15) is 30.2 Å². The number of amidine groups is 1. The number of thioether (sulfide) groups is 2. The fourth-order valence-electron chi connectivity index (χ4n) is 3.81. The summed E-state index contributed by atoms with van der Waals surface area (Å²) in [5, 5.41) is 4.94. The molecule has 162 valence electrons. The molecule has 8 heteroatoms. The molecule has 32 heavy (non-hydrogen) atoms. The first-order chi connectivity index (χ1) is 15.7. The Labute approximate surface area is 195 Å². The molecule has 0 atom stereocenters. The van der Waals surface area contributed by atoms with Crippen LogP contribution in [0.5, 0.6) is 0 Å². The highest BCUT2D eigenvalue weighted by molar-refractivity contribution is 8.18. The van der Waals surface area contributed by atoms with Gasteiger partial charge in [-0.15, -0.1) is 11.8 Å². The van der Waals surface area contributed by atoms with Gasteiger partial charge in [-0.2, -0.15) is 9.98 Å². The average molecular weight is 463 g/mol. The minimum absolute atomic E-state index is 0.162. The van der Waals surface area contributed by atoms with Gasteiger partial charge in [-0.1, -0.05) is 47.6 Å². The van der Waals surface area contributed by atoms with Crippen molar-refractivity contribution in [1.82, 2.24) is 15.0 Å². The van der Waals surface area contributed by atoms with Gasteiger partial charge in [0.05, 0.1) is 4.91 Å². The summed E-state index contributed by atoms with van der Waals surface area (Å²) in [5.74, 6) is 1.38. The largest absolute Gasteiger partial charge is 0.351 e. The fourth-order valence-corrected chi connectivity index (χ4v) is 5.18. The van der Waals surface area contributed by atoms with Crippen molar-refractivity contribution >= 4 is 40.7 Å². The summed E-state index contributed by atoms with van der Waals surface area (Å²) in [4.78, 5) is 25.4. The zero-order valence-corrected chi connectivity index (χ0v) is 19.2. The van der Waals surface area contributed by atoms with Crippen molar-refractivity contribution in [3.8, 4) is 11.4 Å². The molecule has 2 aliphatic rings. The van der Waals surface area contributed by atoms with E-state index in [1.165, 1.54) is 16.7 Å². The molecule has 0 bridgehead atoms. The molecule has 2 aromatic carbocycles. The normalized spacial score (nSPS) is 18.4. The number of aromatic nitrogens is 2. The highest BCUT2D eigenvalue weighted by Gasteiger charge is 2.31. The Morgan fingerprint density at radius 2 is 1.84 bits per heavy atom. The van der Waals surface area contributed by atoms with Crippen molar-refractivity contribution in [2.24, 2.45) is 4.99 Å². The molecule has 1 amide bonds. The van der Waals surface area contributed by atoms with E-state index in [1.807, 2.05) is 54.8 Å². The molecule has 3 aromatic rings. The van der Waals surface area contributed by atoms with Gasteiger partial charge in [0, 0.05) is 29.5 Å². The van der Waals surface area contributed by atoms with Crippen LogP contribution in [0.25, 0.3) is 17.5 Å². The van der Waals surface area contributed by atoms with E-state index in [4.69, 9.17) is 4.52 Å². The topological polar surface area (TPSA) is 71.6 Å². The van der Waals surface area contributed by atoms with Crippen LogP contribution < -0.4 is 0 Å². The Morgan fingerprint density at radius 3 is 2.56 bits per heavy atom. The summed E-state index contributed by atoms with van der Waals surface area (Å²) < 4.78 is 5.56. The minimum Gasteiger partial charge on any atom is -0.351 e. The Morgan fingerprint density at radius 1 is 1.09 bits per heavy atom. The molecule has 0 saturated carbocycles. The Kier molecular flexibility index (Phi) is 6.14. The Bertz CT molecular complexity index is 1160. The first kappa shape index (κ1) is 21.0. The second-order valence-electron chi connectivity index (χ2n) is 7.67. The summed E-state index contributed by atoms with van der Waals surface area (Å²) in [5.41, 5.74) is 1.97. The Balaban J connectivity index is 1.20. The number of hydrogen-bond donors (Lipinski definition) is 0. The number of carbonyl (C=O) groups is 1. The van der Waals surface area contributed by atoms with Gasteiger partial charge in [-0.3, -0.25) is 4.79 Å². The van der Waals surface area contributed by atoms with Crippen LogP contribution in [-0.4, -0.2) is 45.5 Å². The van der Waals surface area contributed by atoms with Crippen LogP contribution in [0.15, 0.2) is 73.9 Å². The van der Waals surface area contributed by atoms with E-state index in [1.54, 1.807) is 11.8 Å². The summed E-state index contributed by atoms with van der Waals surface area (Å²) in [6, 6.07) is 18.0. The quantitative estimate of drug-likeness (QED) is 0.384. The predicted octanol–water partition coefficient (Wildman–Crippen LogP) is 5.31. The number of benzene rings is 2. The van der Waals surface area contributed by atoms with Gasteiger partial charge in [0.15, 0.2) is 5.17 Å². The molecule has 5 rings (SSSR count). The predicted molar refractivity (Wildman–Crippen MR) is 130 cm³/mol. The molecule has 6 nitrogen and oxygen atoms in total. The van der Waals surface area contributed by atoms with Gasteiger partial charge in [-0.25, -0.2) is 0 Å². The zero-order chi connectivity index (χ0) is 21.9. The van der Waals surface area contributed by atoms with Crippen molar-refractivity contribution in [3.05, 3.63) is 71.0 Å². The molecule has 0 unspecified atom stereocenters. The van der Waals surface area contributed by atoms with Crippen molar-refractivity contribution in [3.63, 3.8) is 0 Å². The van der Waals surface area contributed by atoms with E-state index < -0.39 is 0 Å². The van der Waals surface area contributed by atoms with E-state index in [9.17, 15) is 4.79 Å². The minimum atomic E-state index is -0.162. The van der Waals surface area contributed by atoms with Crippen molar-refractivity contribution in [2.75, 3.05) is 19.3 Å². The maximum absolute atomic E-state index is 12.4. The van der Waals surface area contributed by atoms with Gasteiger partial charge in [0.2, 0.25) is 11.7 Å². The lowest BCUT2D eigenvalue weighted by molar-refractivity contribution is -0.113. The second-order valence-corrected chi connectivity index (χ2v) is 9.56. The van der Waals surface area contributed by atoms with E-state index in [0.29, 0.717) is 16.6 Å². The van der Waals surface area contributed by atoms with Crippen LogP contribution in [0.2, 0.25) is 0 Å². The molecule has 1 aromatic heterocycles. The third-order valence-corrected chi connectivity index (χ3v) is 7.40. The highest BCUT2D eigenvalue weighted by Crippen LogP contribution is 2.34. The first-order valence-corrected chi connectivity index (χ1v) is 12.5. The standard InChI is InChI=1S/C24H22N4O2S2/c1-31-19-9-7-16(8-10-19)15-20-22(29)26-24(32-20)28-13-11-18(12-14-28)23-25-21(27-30-23)17-5-3-2-4-6-17/h2-10,15,18H,11-14H2,1H3. The van der Waals surface area contributed by atoms with E-state index in [-0.39, 0.29) is 11.8 Å². The van der Waals surface area contributed by atoms with Crippen LogP contribution >= 0.6 is 23.5 Å². The van der Waals surface area contributed by atoms with Crippen LogP contribution in [-0.2, 0) is 4.79 Å². The summed E-state index contributed by atoms with van der Waals surface area (Å²) in [6.45, 7) is 1.62. The van der Waals surface area contributed by atoms with Crippen molar-refractivity contribution in [1.29, 1.82) is 0 Å². The molecule has 1 fully saturated rings. The fraction of sp³-hybridized carbons (Fsp3) is 0.250. The van der Waals surface area contributed by atoms with E-state index in [0.717, 1.165) is 42.2 Å². The lowest BCUT2D eigenvalue weighted by Crippen LogP contribution is -2.35. The second kappa shape index (κ2) is 9.34. The van der Waals surface area contributed by atoms with Crippen molar-refractivity contribution < 1.29 is 9.32 Å². The lowest BCUT2D eigenvalue weighted by Gasteiger charge is -2.31. The summed E-state index contributed by atoms with van der Waals surface area (Å²) in [6.07, 6.45) is 5.75. The molecular formula is C24H22N4O2S2. The van der Waals surface area contributed by atoms with Gasteiger partial charge in [0.1, 0.15) is 0 Å².